The Morgan fingerprint density at radius 1 is 0.947 bits per heavy atom. The van der Waals surface area contributed by atoms with Gasteiger partial charge in [-0.3, -0.25) is 4.79 Å². The summed E-state index contributed by atoms with van der Waals surface area (Å²) < 4.78 is 5.77. The minimum absolute atomic E-state index is 0.0184. The molecule has 0 radical (unpaired) electrons. The van der Waals surface area contributed by atoms with E-state index in [1.807, 2.05) is 30.3 Å². The van der Waals surface area contributed by atoms with Gasteiger partial charge in [0, 0.05) is 0 Å². The molecule has 0 saturated heterocycles. The summed E-state index contributed by atoms with van der Waals surface area (Å²) in [6.07, 6.45) is -0.680. The van der Waals surface area contributed by atoms with E-state index in [1.54, 1.807) is 30.2 Å². The molecule has 2 aromatic rings. The monoisotopic (exact) mass is 250 g/mol. The second-order valence-electron chi connectivity index (χ2n) is 4.25. The average molecular weight is 250 g/mol. The molecule has 1 heterocycles. The van der Waals surface area contributed by atoms with Gasteiger partial charge < -0.3 is 4.74 Å². The lowest BCUT2D eigenvalue weighted by Crippen LogP contribution is -2.24. The molecule has 0 amide bonds. The van der Waals surface area contributed by atoms with Gasteiger partial charge in [0.15, 0.2) is 6.10 Å². The quantitative estimate of drug-likeness (QED) is 0.577. The standard InChI is InChI=1S/C16H10O3/c17-10-13-15(18)12-8-4-5-9-14(12)19-16(13)11-6-2-1-3-7-11/h1-9,16H. The number of carbonyl (C=O) groups is 1. The van der Waals surface area contributed by atoms with E-state index in [2.05, 4.69) is 0 Å². The Bertz CT molecular complexity index is 682. The Hall–Kier alpha value is -2.64. The topological polar surface area (TPSA) is 43.4 Å². The van der Waals surface area contributed by atoms with E-state index in [9.17, 15) is 9.59 Å². The fourth-order valence-electron chi connectivity index (χ4n) is 2.17. The minimum atomic E-state index is -0.680. The second kappa shape index (κ2) is 4.56. The number of Topliss-reactive ketones (excluding diaryl/α,β-unsaturated/α-hetero) is 1. The van der Waals surface area contributed by atoms with Crippen LogP contribution in [-0.2, 0) is 4.79 Å². The summed E-state index contributed by atoms with van der Waals surface area (Å²) in [7, 11) is 0. The lowest BCUT2D eigenvalue weighted by Gasteiger charge is -2.25. The molecule has 1 aliphatic heterocycles. The zero-order chi connectivity index (χ0) is 13.2. The van der Waals surface area contributed by atoms with Gasteiger partial charge in [-0.1, -0.05) is 42.5 Å². The molecule has 1 unspecified atom stereocenters. The average Bonchev–Trinajstić information content (AvgIpc) is 2.48. The molecule has 0 saturated carbocycles. The molecule has 3 heteroatoms. The van der Waals surface area contributed by atoms with Crippen molar-refractivity contribution in [2.24, 2.45) is 0 Å². The van der Waals surface area contributed by atoms with E-state index in [0.29, 0.717) is 11.3 Å². The van der Waals surface area contributed by atoms with Crippen LogP contribution in [0.3, 0.4) is 0 Å². The highest BCUT2D eigenvalue weighted by Gasteiger charge is 2.33. The molecule has 1 aliphatic rings. The first-order valence-corrected chi connectivity index (χ1v) is 5.91. The summed E-state index contributed by atoms with van der Waals surface area (Å²) in [6.45, 7) is 0. The minimum Gasteiger partial charge on any atom is -0.479 e. The smallest absolute Gasteiger partial charge is 0.207 e. The van der Waals surface area contributed by atoms with Gasteiger partial charge in [0.1, 0.15) is 17.3 Å². The normalized spacial score (nSPS) is 17.4. The number of ether oxygens (including phenoxy) is 1. The van der Waals surface area contributed by atoms with Crippen LogP contribution in [0.5, 0.6) is 5.75 Å². The highest BCUT2D eigenvalue weighted by molar-refractivity contribution is 6.16. The van der Waals surface area contributed by atoms with Crippen LogP contribution in [0.15, 0.2) is 60.2 Å². The largest absolute Gasteiger partial charge is 0.479 e. The molecular weight excluding hydrogens is 240 g/mol. The fourth-order valence-corrected chi connectivity index (χ4v) is 2.17. The summed E-state index contributed by atoms with van der Waals surface area (Å²) in [6, 6.07) is 16.1. The Morgan fingerprint density at radius 2 is 1.63 bits per heavy atom. The first-order valence-electron chi connectivity index (χ1n) is 5.91. The van der Waals surface area contributed by atoms with E-state index in [4.69, 9.17) is 4.74 Å². The SMILES string of the molecule is O=C=C1C(=O)c2ccccc2OC1c1ccccc1. The molecule has 3 nitrogen and oxygen atoms in total. The highest BCUT2D eigenvalue weighted by Crippen LogP contribution is 2.36. The molecule has 1 atom stereocenters. The van der Waals surface area contributed by atoms with Crippen molar-refractivity contribution in [1.82, 2.24) is 0 Å². The summed E-state index contributed by atoms with van der Waals surface area (Å²) in [4.78, 5) is 23.4. The Morgan fingerprint density at radius 3 is 2.37 bits per heavy atom. The summed E-state index contributed by atoms with van der Waals surface area (Å²) in [5, 5.41) is 0. The maximum Gasteiger partial charge on any atom is 0.207 e. The predicted octanol–water partition coefficient (Wildman–Crippen LogP) is 2.76. The van der Waals surface area contributed by atoms with E-state index in [0.717, 1.165) is 5.56 Å². The first-order chi connectivity index (χ1) is 9.31. The van der Waals surface area contributed by atoms with Crippen LogP contribution in [0, 0.1) is 0 Å². The van der Waals surface area contributed by atoms with Crippen LogP contribution in [0.1, 0.15) is 22.0 Å². The molecular formula is C16H10O3. The number of fused-ring (bicyclic) bond motifs is 1. The van der Waals surface area contributed by atoms with Crippen LogP contribution >= 0.6 is 0 Å². The molecule has 0 fully saturated rings. The lowest BCUT2D eigenvalue weighted by atomic mass is 9.92. The number of hydrogen-bond donors (Lipinski definition) is 0. The van der Waals surface area contributed by atoms with Crippen molar-refractivity contribution in [3.63, 3.8) is 0 Å². The van der Waals surface area contributed by atoms with E-state index in [1.165, 1.54) is 0 Å². The zero-order valence-corrected chi connectivity index (χ0v) is 10.00. The molecule has 2 aromatic carbocycles. The Kier molecular flexibility index (Phi) is 2.75. The van der Waals surface area contributed by atoms with Crippen molar-refractivity contribution >= 4 is 11.7 Å². The third-order valence-corrected chi connectivity index (χ3v) is 3.10. The van der Waals surface area contributed by atoms with E-state index in [-0.39, 0.29) is 11.4 Å². The van der Waals surface area contributed by atoms with Gasteiger partial charge in [0.25, 0.3) is 0 Å². The van der Waals surface area contributed by atoms with E-state index >= 15 is 0 Å². The van der Waals surface area contributed by atoms with E-state index < -0.39 is 6.10 Å². The van der Waals surface area contributed by atoms with Gasteiger partial charge in [0.05, 0.1) is 5.56 Å². The van der Waals surface area contributed by atoms with Gasteiger partial charge >= 0.3 is 0 Å². The van der Waals surface area contributed by atoms with Crippen molar-refractivity contribution in [2.45, 2.75) is 6.10 Å². The van der Waals surface area contributed by atoms with Gasteiger partial charge in [0.2, 0.25) is 5.78 Å². The number of carbonyl (C=O) groups excluding carboxylic acids is 2. The highest BCUT2D eigenvalue weighted by atomic mass is 16.5. The van der Waals surface area contributed by atoms with Crippen LogP contribution in [0.4, 0.5) is 0 Å². The van der Waals surface area contributed by atoms with Crippen molar-refractivity contribution in [2.75, 3.05) is 0 Å². The van der Waals surface area contributed by atoms with Crippen LogP contribution in [0.2, 0.25) is 0 Å². The van der Waals surface area contributed by atoms with Crippen molar-refractivity contribution in [1.29, 1.82) is 0 Å². The number of rotatable bonds is 1. The van der Waals surface area contributed by atoms with Gasteiger partial charge in [-0.15, -0.1) is 0 Å². The van der Waals surface area contributed by atoms with Crippen molar-refractivity contribution in [3.8, 4) is 5.75 Å². The molecule has 0 spiro atoms. The summed E-state index contributed by atoms with van der Waals surface area (Å²) in [5.41, 5.74) is 1.20. The van der Waals surface area contributed by atoms with Crippen LogP contribution < -0.4 is 4.74 Å². The number of ketones is 1. The molecule has 92 valence electrons. The van der Waals surface area contributed by atoms with Gasteiger partial charge in [-0.2, -0.15) is 0 Å². The van der Waals surface area contributed by atoms with Crippen molar-refractivity contribution < 1.29 is 14.3 Å². The molecule has 0 N–H and O–H groups in total. The van der Waals surface area contributed by atoms with Crippen molar-refractivity contribution in [3.05, 3.63) is 71.3 Å². The lowest BCUT2D eigenvalue weighted by molar-refractivity contribution is 0.0964. The maximum atomic E-state index is 12.3. The predicted molar refractivity (Wildman–Crippen MR) is 69.8 cm³/mol. The third kappa shape index (κ3) is 1.86. The number of benzene rings is 2. The molecule has 3 rings (SSSR count). The summed E-state index contributed by atoms with van der Waals surface area (Å²) >= 11 is 0. The Labute approximate surface area is 110 Å². The maximum absolute atomic E-state index is 12.3. The molecule has 0 bridgehead atoms. The number of hydrogen-bond acceptors (Lipinski definition) is 3. The van der Waals surface area contributed by atoms with Gasteiger partial charge in [-0.25, -0.2) is 4.79 Å². The first kappa shape index (κ1) is 11.5. The molecule has 0 aliphatic carbocycles. The third-order valence-electron chi connectivity index (χ3n) is 3.10. The van der Waals surface area contributed by atoms with Gasteiger partial charge in [-0.05, 0) is 17.7 Å². The number of para-hydroxylation sites is 1. The zero-order valence-electron chi connectivity index (χ0n) is 10.00. The fraction of sp³-hybridized carbons (Fsp3) is 0.0625. The molecule has 0 aromatic heterocycles. The molecule has 19 heavy (non-hydrogen) atoms. The summed E-state index contributed by atoms with van der Waals surface area (Å²) in [5.74, 6) is 1.92. The van der Waals surface area contributed by atoms with Crippen LogP contribution in [0.25, 0.3) is 0 Å². The Balaban J connectivity index is 2.14. The van der Waals surface area contributed by atoms with Crippen LogP contribution in [-0.4, -0.2) is 11.7 Å². The second-order valence-corrected chi connectivity index (χ2v) is 4.25.